The highest BCUT2D eigenvalue weighted by Crippen LogP contribution is 2.30. The minimum absolute atomic E-state index is 0.264. The lowest BCUT2D eigenvalue weighted by atomic mass is 10.1. The number of nitrogens with zero attached hydrogens (tertiary/aromatic N) is 1. The normalized spacial score (nSPS) is 12.0. The van der Waals surface area contributed by atoms with E-state index in [1.54, 1.807) is 19.1 Å². The van der Waals surface area contributed by atoms with Crippen molar-refractivity contribution >= 4 is 22.9 Å². The molecule has 110 valence electrons. The number of rotatable bonds is 3. The summed E-state index contributed by atoms with van der Waals surface area (Å²) in [6.07, 6.45) is -0.919. The first kappa shape index (κ1) is 15.0. The summed E-state index contributed by atoms with van der Waals surface area (Å²) in [5, 5.41) is 0.357. The summed E-state index contributed by atoms with van der Waals surface area (Å²) in [5.74, 6) is -0.500. The number of hydrogen-bond acceptors (Lipinski definition) is 3. The zero-order chi connectivity index (χ0) is 15.5. The monoisotopic (exact) mass is 295 g/mol. The van der Waals surface area contributed by atoms with Gasteiger partial charge in [0.2, 0.25) is 0 Å². The second kappa shape index (κ2) is 5.95. The molecule has 0 amide bonds. The third-order valence-electron chi connectivity index (χ3n) is 2.73. The first-order valence-electron chi connectivity index (χ1n) is 6.22. The number of hydrogen-bond donors (Lipinski definition) is 0. The summed E-state index contributed by atoms with van der Waals surface area (Å²) in [5.41, 5.74) is 0.245. The highest BCUT2D eigenvalue weighted by Gasteiger charge is 2.30. The van der Waals surface area contributed by atoms with E-state index in [2.05, 4.69) is 4.98 Å². The lowest BCUT2D eigenvalue weighted by molar-refractivity contribution is -0.138. The Bertz CT molecular complexity index is 693. The fraction of sp³-hybridized carbons (Fsp3) is 0.200. The summed E-state index contributed by atoms with van der Waals surface area (Å²) < 4.78 is 42.6. The van der Waals surface area contributed by atoms with E-state index in [0.717, 1.165) is 12.3 Å². The number of fused-ring (bicyclic) bond motifs is 1. The van der Waals surface area contributed by atoms with Crippen molar-refractivity contribution in [3.8, 4) is 0 Å². The molecular formula is C15H12F3NO2. The Hall–Kier alpha value is -2.37. The van der Waals surface area contributed by atoms with Gasteiger partial charge in [-0.05, 0) is 36.8 Å². The third-order valence-corrected chi connectivity index (χ3v) is 2.73. The number of aromatic nitrogens is 1. The van der Waals surface area contributed by atoms with E-state index in [0.29, 0.717) is 16.5 Å². The average molecular weight is 295 g/mol. The fourth-order valence-electron chi connectivity index (χ4n) is 1.76. The van der Waals surface area contributed by atoms with E-state index in [-0.39, 0.29) is 6.61 Å². The molecule has 3 nitrogen and oxygen atoms in total. The highest BCUT2D eigenvalue weighted by molar-refractivity contribution is 5.88. The van der Waals surface area contributed by atoms with Crippen LogP contribution < -0.4 is 0 Å². The number of carbonyl (C=O) groups is 1. The van der Waals surface area contributed by atoms with E-state index in [1.807, 2.05) is 0 Å². The van der Waals surface area contributed by atoms with Gasteiger partial charge in [-0.2, -0.15) is 13.2 Å². The predicted molar refractivity (Wildman–Crippen MR) is 72.4 cm³/mol. The Kier molecular flexibility index (Phi) is 4.26. The Balaban J connectivity index is 2.34. The van der Waals surface area contributed by atoms with Crippen LogP contribution in [-0.4, -0.2) is 17.6 Å². The predicted octanol–water partition coefficient (Wildman–Crippen LogP) is 3.83. The van der Waals surface area contributed by atoms with Crippen molar-refractivity contribution in [1.29, 1.82) is 0 Å². The number of carbonyl (C=O) groups excluding carboxylic acids is 1. The number of pyridine rings is 1. The largest absolute Gasteiger partial charge is 0.463 e. The quantitative estimate of drug-likeness (QED) is 0.638. The number of halogens is 3. The minimum atomic E-state index is -4.43. The van der Waals surface area contributed by atoms with Crippen LogP contribution in [0.3, 0.4) is 0 Å². The molecule has 0 saturated carbocycles. The van der Waals surface area contributed by atoms with Gasteiger partial charge in [-0.3, -0.25) is 4.98 Å². The first-order valence-corrected chi connectivity index (χ1v) is 6.22. The van der Waals surface area contributed by atoms with Gasteiger partial charge in [-0.15, -0.1) is 0 Å². The maximum absolute atomic E-state index is 12.6. The topological polar surface area (TPSA) is 39.2 Å². The third kappa shape index (κ3) is 3.81. The first-order chi connectivity index (χ1) is 9.90. The molecule has 1 aromatic heterocycles. The number of ether oxygens (including phenoxy) is 1. The van der Waals surface area contributed by atoms with Crippen LogP contribution in [0.5, 0.6) is 0 Å². The van der Waals surface area contributed by atoms with Gasteiger partial charge in [0.05, 0.1) is 17.7 Å². The second-order valence-electron chi connectivity index (χ2n) is 4.26. The average Bonchev–Trinajstić information content (AvgIpc) is 2.43. The van der Waals surface area contributed by atoms with Gasteiger partial charge in [0.25, 0.3) is 0 Å². The van der Waals surface area contributed by atoms with Crippen molar-refractivity contribution in [2.24, 2.45) is 0 Å². The van der Waals surface area contributed by atoms with Crippen molar-refractivity contribution in [2.75, 3.05) is 6.61 Å². The fourth-order valence-corrected chi connectivity index (χ4v) is 1.76. The number of alkyl halides is 3. The molecule has 0 aliphatic carbocycles. The van der Waals surface area contributed by atoms with Crippen molar-refractivity contribution in [3.63, 3.8) is 0 Å². The molecule has 0 unspecified atom stereocenters. The molecule has 21 heavy (non-hydrogen) atoms. The zero-order valence-corrected chi connectivity index (χ0v) is 11.1. The van der Waals surface area contributed by atoms with Gasteiger partial charge < -0.3 is 4.74 Å². The van der Waals surface area contributed by atoms with Gasteiger partial charge in [-0.1, -0.05) is 6.07 Å². The van der Waals surface area contributed by atoms with Crippen molar-refractivity contribution in [2.45, 2.75) is 13.1 Å². The molecule has 0 radical (unpaired) electrons. The second-order valence-corrected chi connectivity index (χ2v) is 4.26. The molecule has 2 aromatic rings. The Morgan fingerprint density at radius 2 is 2.10 bits per heavy atom. The van der Waals surface area contributed by atoms with Crippen LogP contribution in [0.1, 0.15) is 18.1 Å². The summed E-state index contributed by atoms with van der Waals surface area (Å²) in [6.45, 7) is 1.95. The molecule has 0 aliphatic heterocycles. The van der Waals surface area contributed by atoms with E-state index in [9.17, 15) is 18.0 Å². The van der Waals surface area contributed by atoms with E-state index >= 15 is 0 Å². The van der Waals surface area contributed by atoms with Crippen LogP contribution in [0.4, 0.5) is 13.2 Å². The van der Waals surface area contributed by atoms with Crippen LogP contribution in [0, 0.1) is 0 Å². The lowest BCUT2D eigenvalue weighted by Gasteiger charge is -2.07. The molecule has 0 N–H and O–H groups in total. The van der Waals surface area contributed by atoms with Crippen LogP contribution in [0.25, 0.3) is 17.0 Å². The molecule has 1 aromatic carbocycles. The van der Waals surface area contributed by atoms with Gasteiger partial charge in [-0.25, -0.2) is 4.79 Å². The smallest absolute Gasteiger partial charge is 0.417 e. The maximum atomic E-state index is 12.6. The minimum Gasteiger partial charge on any atom is -0.463 e. The molecule has 0 saturated heterocycles. The van der Waals surface area contributed by atoms with Gasteiger partial charge in [0.15, 0.2) is 0 Å². The van der Waals surface area contributed by atoms with Crippen LogP contribution in [-0.2, 0) is 15.7 Å². The van der Waals surface area contributed by atoms with Crippen LogP contribution >= 0.6 is 0 Å². The van der Waals surface area contributed by atoms with Crippen LogP contribution in [0.15, 0.2) is 36.5 Å². The van der Waals surface area contributed by atoms with Gasteiger partial charge in [0, 0.05) is 17.7 Å². The summed E-state index contributed by atoms with van der Waals surface area (Å²) in [7, 11) is 0. The SMILES string of the molecule is CCOC(=O)/C=C/c1ccc2ncc(C(F)(F)F)cc2c1. The summed E-state index contributed by atoms with van der Waals surface area (Å²) in [6, 6.07) is 5.83. The Morgan fingerprint density at radius 3 is 2.76 bits per heavy atom. The number of benzene rings is 1. The Morgan fingerprint density at radius 1 is 1.33 bits per heavy atom. The summed E-state index contributed by atoms with van der Waals surface area (Å²) in [4.78, 5) is 15.0. The molecule has 0 aliphatic rings. The van der Waals surface area contributed by atoms with Gasteiger partial charge in [0.1, 0.15) is 0 Å². The zero-order valence-electron chi connectivity index (χ0n) is 11.1. The van der Waals surface area contributed by atoms with Crippen LogP contribution in [0.2, 0.25) is 0 Å². The Labute approximate surface area is 119 Å². The molecular weight excluding hydrogens is 283 g/mol. The molecule has 0 atom stereocenters. The lowest BCUT2D eigenvalue weighted by Crippen LogP contribution is -2.05. The molecule has 6 heteroatoms. The highest BCUT2D eigenvalue weighted by atomic mass is 19.4. The molecule has 1 heterocycles. The van der Waals surface area contributed by atoms with Crippen molar-refractivity contribution in [3.05, 3.63) is 47.7 Å². The van der Waals surface area contributed by atoms with Crippen molar-refractivity contribution < 1.29 is 22.7 Å². The molecule has 0 fully saturated rings. The standard InChI is InChI=1S/C15H12F3NO2/c1-2-21-14(20)6-4-10-3-5-13-11(7-10)8-12(9-19-13)15(16,17)18/h3-9H,2H2,1H3/b6-4+. The molecule has 2 rings (SSSR count). The van der Waals surface area contributed by atoms with E-state index in [4.69, 9.17) is 4.74 Å². The van der Waals surface area contributed by atoms with Crippen molar-refractivity contribution in [1.82, 2.24) is 4.98 Å². The van der Waals surface area contributed by atoms with Gasteiger partial charge >= 0.3 is 12.1 Å². The molecule has 0 bridgehead atoms. The summed E-state index contributed by atoms with van der Waals surface area (Å²) >= 11 is 0. The van der Waals surface area contributed by atoms with E-state index in [1.165, 1.54) is 18.2 Å². The number of esters is 1. The maximum Gasteiger partial charge on any atom is 0.417 e. The van der Waals surface area contributed by atoms with E-state index < -0.39 is 17.7 Å². The molecule has 0 spiro atoms.